The molecule has 2 fully saturated rings. The minimum Gasteiger partial charge on any atom is -0.352 e. The molecule has 2 aliphatic rings. The number of nitrogens with zero attached hydrogens (tertiary/aromatic N) is 3. The van der Waals surface area contributed by atoms with Gasteiger partial charge < -0.3 is 20.1 Å². The molecule has 0 spiro atoms. The van der Waals surface area contributed by atoms with Gasteiger partial charge in [0, 0.05) is 32.0 Å². The predicted molar refractivity (Wildman–Crippen MR) is 86.2 cm³/mol. The van der Waals surface area contributed by atoms with Crippen molar-refractivity contribution in [2.24, 2.45) is 11.8 Å². The van der Waals surface area contributed by atoms with Gasteiger partial charge in [-0.25, -0.2) is 0 Å². The van der Waals surface area contributed by atoms with Crippen molar-refractivity contribution in [1.29, 1.82) is 0 Å². The molecule has 0 bridgehead atoms. The van der Waals surface area contributed by atoms with E-state index >= 15 is 0 Å². The summed E-state index contributed by atoms with van der Waals surface area (Å²) in [6.07, 6.45) is 4.48. The highest BCUT2D eigenvalue weighted by atomic mass is 16.5. The summed E-state index contributed by atoms with van der Waals surface area (Å²) >= 11 is 0. The van der Waals surface area contributed by atoms with Crippen LogP contribution in [-0.4, -0.2) is 52.9 Å². The van der Waals surface area contributed by atoms with Crippen LogP contribution in [0.1, 0.15) is 48.6 Å². The molecule has 2 N–H and O–H groups in total. The summed E-state index contributed by atoms with van der Waals surface area (Å²) in [6, 6.07) is 0. The molecule has 1 aromatic rings. The smallest absolute Gasteiger partial charge is 0.292 e. The van der Waals surface area contributed by atoms with Gasteiger partial charge in [0.15, 0.2) is 0 Å². The number of amides is 3. The number of aromatic nitrogens is 2. The van der Waals surface area contributed by atoms with Gasteiger partial charge in [0.25, 0.3) is 11.7 Å². The van der Waals surface area contributed by atoms with Crippen LogP contribution in [0.2, 0.25) is 0 Å². The molecule has 2 heterocycles. The SMILES string of the molecule is CNC(=O)c1noc(CNC(=O)C2CCN(C(=O)C3CCC3)CC2)n1. The number of nitrogens with one attached hydrogen (secondary N) is 2. The number of hydrogen-bond acceptors (Lipinski definition) is 6. The van der Waals surface area contributed by atoms with Gasteiger partial charge in [-0.2, -0.15) is 4.98 Å². The first kappa shape index (κ1) is 17.4. The molecule has 3 amide bonds. The number of piperidine rings is 1. The van der Waals surface area contributed by atoms with Crippen molar-refractivity contribution in [3.8, 4) is 0 Å². The van der Waals surface area contributed by atoms with E-state index in [0.717, 1.165) is 19.3 Å². The van der Waals surface area contributed by atoms with Crippen molar-refractivity contribution in [1.82, 2.24) is 25.7 Å². The first-order valence-corrected chi connectivity index (χ1v) is 8.69. The van der Waals surface area contributed by atoms with E-state index in [1.165, 1.54) is 7.05 Å². The molecule has 9 heteroatoms. The summed E-state index contributed by atoms with van der Waals surface area (Å²) in [4.78, 5) is 41.6. The average molecular weight is 349 g/mol. The standard InChI is InChI=1S/C16H23N5O4/c1-17-15(23)13-19-12(25-20-13)9-18-14(22)10-5-7-21(8-6-10)16(24)11-3-2-4-11/h10-11H,2-9H2,1H3,(H,17,23)(H,18,22). The molecule has 1 saturated carbocycles. The second-order valence-corrected chi connectivity index (χ2v) is 6.54. The second-order valence-electron chi connectivity index (χ2n) is 6.54. The van der Waals surface area contributed by atoms with E-state index < -0.39 is 5.91 Å². The molecule has 136 valence electrons. The Morgan fingerprint density at radius 2 is 1.88 bits per heavy atom. The highest BCUT2D eigenvalue weighted by molar-refractivity contribution is 5.89. The summed E-state index contributed by atoms with van der Waals surface area (Å²) < 4.78 is 4.93. The van der Waals surface area contributed by atoms with Crippen molar-refractivity contribution in [2.75, 3.05) is 20.1 Å². The Bertz CT molecular complexity index is 647. The van der Waals surface area contributed by atoms with Crippen LogP contribution in [-0.2, 0) is 16.1 Å². The van der Waals surface area contributed by atoms with E-state index in [1.54, 1.807) is 0 Å². The van der Waals surface area contributed by atoms with Crippen molar-refractivity contribution < 1.29 is 18.9 Å². The lowest BCUT2D eigenvalue weighted by Crippen LogP contribution is -2.46. The predicted octanol–water partition coefficient (Wildman–Crippen LogP) is 0.0841. The third-order valence-corrected chi connectivity index (χ3v) is 4.94. The van der Waals surface area contributed by atoms with Crippen LogP contribution in [0.4, 0.5) is 0 Å². The van der Waals surface area contributed by atoms with Crippen molar-refractivity contribution in [3.05, 3.63) is 11.7 Å². The van der Waals surface area contributed by atoms with Gasteiger partial charge in [-0.05, 0) is 25.7 Å². The summed E-state index contributed by atoms with van der Waals surface area (Å²) in [5.41, 5.74) is 0. The fourth-order valence-corrected chi connectivity index (χ4v) is 3.11. The number of likely N-dealkylation sites (tertiary alicyclic amines) is 1. The summed E-state index contributed by atoms with van der Waals surface area (Å²) in [5, 5.41) is 8.70. The maximum absolute atomic E-state index is 12.3. The zero-order chi connectivity index (χ0) is 17.8. The lowest BCUT2D eigenvalue weighted by Gasteiger charge is -2.36. The monoisotopic (exact) mass is 349 g/mol. The molecule has 0 aromatic carbocycles. The average Bonchev–Trinajstić information content (AvgIpc) is 3.06. The van der Waals surface area contributed by atoms with Crippen LogP contribution in [0.25, 0.3) is 0 Å². The highest BCUT2D eigenvalue weighted by Crippen LogP contribution is 2.30. The van der Waals surface area contributed by atoms with Gasteiger partial charge in [-0.3, -0.25) is 14.4 Å². The molecular weight excluding hydrogens is 326 g/mol. The van der Waals surface area contributed by atoms with Crippen LogP contribution in [0, 0.1) is 11.8 Å². The van der Waals surface area contributed by atoms with E-state index in [2.05, 4.69) is 20.8 Å². The van der Waals surface area contributed by atoms with Gasteiger partial charge >= 0.3 is 0 Å². The molecule has 3 rings (SSSR count). The molecule has 1 saturated heterocycles. The zero-order valence-electron chi connectivity index (χ0n) is 14.3. The van der Waals surface area contributed by atoms with Crippen molar-refractivity contribution in [3.63, 3.8) is 0 Å². The number of hydrogen-bond donors (Lipinski definition) is 2. The van der Waals surface area contributed by atoms with Crippen LogP contribution >= 0.6 is 0 Å². The first-order chi connectivity index (χ1) is 12.1. The molecule has 0 radical (unpaired) electrons. The molecular formula is C16H23N5O4. The third kappa shape index (κ3) is 3.97. The van der Waals surface area contributed by atoms with E-state index in [0.29, 0.717) is 25.9 Å². The third-order valence-electron chi connectivity index (χ3n) is 4.94. The molecule has 1 aliphatic heterocycles. The maximum atomic E-state index is 12.3. The Morgan fingerprint density at radius 3 is 2.48 bits per heavy atom. The van der Waals surface area contributed by atoms with E-state index in [-0.39, 0.29) is 41.9 Å². The van der Waals surface area contributed by atoms with Gasteiger partial charge in [0.1, 0.15) is 0 Å². The number of rotatable bonds is 5. The maximum Gasteiger partial charge on any atom is 0.292 e. The Labute approximate surface area is 145 Å². The van der Waals surface area contributed by atoms with Crippen molar-refractivity contribution in [2.45, 2.75) is 38.6 Å². The fraction of sp³-hybridized carbons (Fsp3) is 0.688. The summed E-state index contributed by atoms with van der Waals surface area (Å²) in [5.74, 6) is -0.0683. The van der Waals surface area contributed by atoms with E-state index in [9.17, 15) is 14.4 Å². The molecule has 25 heavy (non-hydrogen) atoms. The largest absolute Gasteiger partial charge is 0.352 e. The molecule has 0 atom stereocenters. The molecule has 1 aromatic heterocycles. The lowest BCUT2D eigenvalue weighted by molar-refractivity contribution is -0.141. The highest BCUT2D eigenvalue weighted by Gasteiger charge is 2.33. The fourth-order valence-electron chi connectivity index (χ4n) is 3.11. The minimum absolute atomic E-state index is 0.0606. The van der Waals surface area contributed by atoms with E-state index in [4.69, 9.17) is 4.52 Å². The normalized spacial score (nSPS) is 18.5. The van der Waals surface area contributed by atoms with Crippen LogP contribution in [0.5, 0.6) is 0 Å². The first-order valence-electron chi connectivity index (χ1n) is 8.69. The number of carbonyl (C=O) groups excluding carboxylic acids is 3. The van der Waals surface area contributed by atoms with E-state index in [1.807, 2.05) is 4.90 Å². The second kappa shape index (κ2) is 7.62. The van der Waals surface area contributed by atoms with Gasteiger partial charge in [-0.15, -0.1) is 0 Å². The molecule has 0 unspecified atom stereocenters. The summed E-state index contributed by atoms with van der Waals surface area (Å²) in [6.45, 7) is 1.35. The van der Waals surface area contributed by atoms with Gasteiger partial charge in [0.2, 0.25) is 17.7 Å². The lowest BCUT2D eigenvalue weighted by atomic mass is 9.83. The Hall–Kier alpha value is -2.45. The molecule has 9 nitrogen and oxygen atoms in total. The van der Waals surface area contributed by atoms with Crippen LogP contribution < -0.4 is 10.6 Å². The van der Waals surface area contributed by atoms with Crippen LogP contribution in [0.15, 0.2) is 4.52 Å². The van der Waals surface area contributed by atoms with Crippen molar-refractivity contribution >= 4 is 17.7 Å². The quantitative estimate of drug-likeness (QED) is 0.778. The summed E-state index contributed by atoms with van der Waals surface area (Å²) in [7, 11) is 1.47. The molecule has 1 aliphatic carbocycles. The zero-order valence-corrected chi connectivity index (χ0v) is 14.3. The Morgan fingerprint density at radius 1 is 1.16 bits per heavy atom. The Kier molecular flexibility index (Phi) is 5.30. The van der Waals surface area contributed by atoms with Gasteiger partial charge in [-0.1, -0.05) is 11.6 Å². The Balaban J connectivity index is 1.42. The van der Waals surface area contributed by atoms with Crippen LogP contribution in [0.3, 0.4) is 0 Å². The minimum atomic E-state index is -0.440. The van der Waals surface area contributed by atoms with Gasteiger partial charge in [0.05, 0.1) is 6.54 Å². The number of carbonyl (C=O) groups is 3. The topological polar surface area (TPSA) is 117 Å².